The lowest BCUT2D eigenvalue weighted by Crippen LogP contribution is -2.39. The molecule has 6 heteroatoms. The summed E-state index contributed by atoms with van der Waals surface area (Å²) >= 11 is 1.55. The molecule has 1 aliphatic heterocycles. The number of rotatable bonds is 6. The summed E-state index contributed by atoms with van der Waals surface area (Å²) in [7, 11) is 0. The normalized spacial score (nSPS) is 19.0. The monoisotopic (exact) mass is 311 g/mol. The SMILES string of the molecule is CCC(CCN)N1CCCN(c2nc(C(C)C)ns2)CC1. The molecule has 0 saturated carbocycles. The highest BCUT2D eigenvalue weighted by atomic mass is 32.1. The number of nitrogens with zero attached hydrogens (tertiary/aromatic N) is 4. The van der Waals surface area contributed by atoms with Crippen LogP contribution in [0.3, 0.4) is 0 Å². The Kier molecular flexibility index (Phi) is 6.39. The largest absolute Gasteiger partial charge is 0.346 e. The molecular weight excluding hydrogens is 282 g/mol. The van der Waals surface area contributed by atoms with Crippen LogP contribution in [0.1, 0.15) is 51.8 Å². The summed E-state index contributed by atoms with van der Waals surface area (Å²) in [5.41, 5.74) is 5.75. The van der Waals surface area contributed by atoms with Crippen LogP contribution in [0.25, 0.3) is 0 Å². The topological polar surface area (TPSA) is 58.3 Å². The summed E-state index contributed by atoms with van der Waals surface area (Å²) < 4.78 is 4.48. The van der Waals surface area contributed by atoms with Crippen LogP contribution >= 0.6 is 11.5 Å². The third-order valence-corrected chi connectivity index (χ3v) is 5.03. The molecule has 1 aliphatic rings. The summed E-state index contributed by atoms with van der Waals surface area (Å²) in [5.74, 6) is 1.39. The average Bonchev–Trinajstić information content (AvgIpc) is 2.84. The van der Waals surface area contributed by atoms with Crippen LogP contribution in [0, 0.1) is 0 Å². The molecule has 21 heavy (non-hydrogen) atoms. The van der Waals surface area contributed by atoms with E-state index in [1.54, 1.807) is 11.5 Å². The highest BCUT2D eigenvalue weighted by Gasteiger charge is 2.22. The van der Waals surface area contributed by atoms with Crippen LogP contribution in [0.2, 0.25) is 0 Å². The lowest BCUT2D eigenvalue weighted by atomic mass is 10.1. The lowest BCUT2D eigenvalue weighted by molar-refractivity contribution is 0.196. The maximum Gasteiger partial charge on any atom is 0.205 e. The van der Waals surface area contributed by atoms with Crippen molar-refractivity contribution in [3.05, 3.63) is 5.82 Å². The second-order valence-corrected chi connectivity index (χ2v) is 6.84. The highest BCUT2D eigenvalue weighted by molar-refractivity contribution is 7.09. The molecule has 1 fully saturated rings. The summed E-state index contributed by atoms with van der Waals surface area (Å²) in [6, 6.07) is 0.635. The van der Waals surface area contributed by atoms with Crippen LogP contribution in [0.5, 0.6) is 0 Å². The first-order chi connectivity index (χ1) is 10.2. The quantitative estimate of drug-likeness (QED) is 0.873. The Bertz CT molecular complexity index is 420. The van der Waals surface area contributed by atoms with Crippen molar-refractivity contribution in [3.63, 3.8) is 0 Å². The molecule has 1 atom stereocenters. The van der Waals surface area contributed by atoms with Crippen LogP contribution < -0.4 is 10.6 Å². The van der Waals surface area contributed by atoms with Crippen molar-refractivity contribution in [2.24, 2.45) is 5.73 Å². The zero-order chi connectivity index (χ0) is 15.2. The van der Waals surface area contributed by atoms with E-state index in [-0.39, 0.29) is 0 Å². The molecule has 2 rings (SSSR count). The maximum atomic E-state index is 5.75. The van der Waals surface area contributed by atoms with E-state index in [4.69, 9.17) is 10.7 Å². The van der Waals surface area contributed by atoms with Crippen LogP contribution in [0.15, 0.2) is 0 Å². The fourth-order valence-electron chi connectivity index (χ4n) is 2.92. The fraction of sp³-hybridized carbons (Fsp3) is 0.867. The van der Waals surface area contributed by atoms with Gasteiger partial charge in [0.15, 0.2) is 0 Å². The van der Waals surface area contributed by atoms with Gasteiger partial charge < -0.3 is 10.6 Å². The van der Waals surface area contributed by atoms with Gasteiger partial charge in [0.2, 0.25) is 5.13 Å². The first-order valence-corrected chi connectivity index (χ1v) is 8.95. The Hall–Kier alpha value is -0.720. The Morgan fingerprint density at radius 1 is 1.24 bits per heavy atom. The van der Waals surface area contributed by atoms with E-state index in [1.165, 1.54) is 19.4 Å². The Balaban J connectivity index is 1.96. The van der Waals surface area contributed by atoms with E-state index in [9.17, 15) is 0 Å². The molecule has 0 radical (unpaired) electrons. The number of nitrogens with two attached hydrogens (primary N) is 1. The van der Waals surface area contributed by atoms with Crippen molar-refractivity contribution in [2.75, 3.05) is 37.6 Å². The smallest absolute Gasteiger partial charge is 0.205 e. The fourth-order valence-corrected chi connectivity index (χ4v) is 3.78. The first kappa shape index (κ1) is 16.6. The third-order valence-electron chi connectivity index (χ3n) is 4.24. The van der Waals surface area contributed by atoms with Gasteiger partial charge >= 0.3 is 0 Å². The minimum atomic E-state index is 0.410. The van der Waals surface area contributed by atoms with Crippen LogP contribution in [-0.4, -0.2) is 53.0 Å². The van der Waals surface area contributed by atoms with Gasteiger partial charge in [0.1, 0.15) is 5.82 Å². The third kappa shape index (κ3) is 4.37. The van der Waals surface area contributed by atoms with Gasteiger partial charge in [-0.15, -0.1) is 0 Å². The first-order valence-electron chi connectivity index (χ1n) is 8.18. The Labute approximate surface area is 132 Å². The molecule has 1 aromatic rings. The van der Waals surface area contributed by atoms with E-state index in [1.807, 2.05) is 0 Å². The molecule has 0 aromatic carbocycles. The van der Waals surface area contributed by atoms with E-state index in [0.717, 1.165) is 43.6 Å². The zero-order valence-electron chi connectivity index (χ0n) is 13.6. The molecule has 1 unspecified atom stereocenters. The Morgan fingerprint density at radius 3 is 2.67 bits per heavy atom. The van der Waals surface area contributed by atoms with Gasteiger partial charge in [-0.25, -0.2) is 4.98 Å². The summed E-state index contributed by atoms with van der Waals surface area (Å²) in [6.45, 7) is 11.8. The molecule has 1 saturated heterocycles. The number of anilines is 1. The standard InChI is InChI=1S/C15H29N5S/c1-4-13(6-7-16)19-8-5-9-20(11-10-19)15-17-14(12(2)3)18-21-15/h12-13H,4-11,16H2,1-3H3. The maximum absolute atomic E-state index is 5.75. The number of hydrogen-bond donors (Lipinski definition) is 1. The Morgan fingerprint density at radius 2 is 2.05 bits per heavy atom. The van der Waals surface area contributed by atoms with Crippen molar-refractivity contribution < 1.29 is 0 Å². The van der Waals surface area contributed by atoms with Gasteiger partial charge in [-0.1, -0.05) is 20.8 Å². The molecule has 120 valence electrons. The van der Waals surface area contributed by atoms with Crippen LogP contribution in [-0.2, 0) is 0 Å². The van der Waals surface area contributed by atoms with Crippen molar-refractivity contribution in [2.45, 2.75) is 52.0 Å². The second-order valence-electron chi connectivity index (χ2n) is 6.11. The zero-order valence-corrected chi connectivity index (χ0v) is 14.4. The molecule has 0 amide bonds. The van der Waals surface area contributed by atoms with E-state index < -0.39 is 0 Å². The molecule has 1 aromatic heterocycles. The van der Waals surface area contributed by atoms with Gasteiger partial charge in [-0.2, -0.15) is 4.37 Å². The average molecular weight is 311 g/mol. The van der Waals surface area contributed by atoms with E-state index in [0.29, 0.717) is 12.0 Å². The van der Waals surface area contributed by atoms with Gasteiger partial charge in [0.05, 0.1) is 0 Å². The van der Waals surface area contributed by atoms with Crippen molar-refractivity contribution in [1.82, 2.24) is 14.3 Å². The minimum Gasteiger partial charge on any atom is -0.346 e. The van der Waals surface area contributed by atoms with Crippen molar-refractivity contribution in [1.29, 1.82) is 0 Å². The van der Waals surface area contributed by atoms with Gasteiger partial charge in [0.25, 0.3) is 0 Å². The second kappa shape index (κ2) is 8.06. The molecule has 0 aliphatic carbocycles. The predicted octanol–water partition coefficient (Wildman–Crippen LogP) is 2.30. The summed E-state index contributed by atoms with van der Waals surface area (Å²) in [5, 5.41) is 1.09. The number of hydrogen-bond acceptors (Lipinski definition) is 6. The number of aromatic nitrogens is 2. The molecule has 2 N–H and O–H groups in total. The van der Waals surface area contributed by atoms with E-state index in [2.05, 4.69) is 34.9 Å². The summed E-state index contributed by atoms with van der Waals surface area (Å²) in [4.78, 5) is 9.71. The molecule has 5 nitrogen and oxygen atoms in total. The predicted molar refractivity (Wildman–Crippen MR) is 90.2 cm³/mol. The minimum absolute atomic E-state index is 0.410. The van der Waals surface area contributed by atoms with Gasteiger partial charge in [-0.05, 0) is 25.8 Å². The molecule has 0 spiro atoms. The van der Waals surface area contributed by atoms with Crippen molar-refractivity contribution >= 4 is 16.7 Å². The highest BCUT2D eigenvalue weighted by Crippen LogP contribution is 2.23. The lowest BCUT2D eigenvalue weighted by Gasteiger charge is -2.29. The van der Waals surface area contributed by atoms with Gasteiger partial charge in [-0.3, -0.25) is 4.90 Å². The molecule has 0 bridgehead atoms. The van der Waals surface area contributed by atoms with Gasteiger partial charge in [0, 0.05) is 49.7 Å². The van der Waals surface area contributed by atoms with E-state index >= 15 is 0 Å². The molecule has 2 heterocycles. The molecular formula is C15H29N5S. The summed E-state index contributed by atoms with van der Waals surface area (Å²) in [6.07, 6.45) is 3.48. The van der Waals surface area contributed by atoms with Crippen LogP contribution in [0.4, 0.5) is 5.13 Å². The van der Waals surface area contributed by atoms with Crippen molar-refractivity contribution in [3.8, 4) is 0 Å².